The van der Waals surface area contributed by atoms with Gasteiger partial charge in [0.15, 0.2) is 0 Å². The Bertz CT molecular complexity index is 585. The van der Waals surface area contributed by atoms with Crippen LogP contribution in [0.25, 0.3) is 0 Å². The number of amides is 1. The highest BCUT2D eigenvalue weighted by Crippen LogP contribution is 2.21. The van der Waals surface area contributed by atoms with Gasteiger partial charge in [-0.05, 0) is 32.4 Å². The lowest BCUT2D eigenvalue weighted by Crippen LogP contribution is -2.41. The van der Waals surface area contributed by atoms with Crippen LogP contribution in [0.15, 0.2) is 18.2 Å². The Labute approximate surface area is 125 Å². The highest BCUT2D eigenvalue weighted by molar-refractivity contribution is 5.97. The van der Waals surface area contributed by atoms with Gasteiger partial charge in [-0.25, -0.2) is 0 Å². The first kappa shape index (κ1) is 15.6. The van der Waals surface area contributed by atoms with Crippen molar-refractivity contribution >= 4 is 5.91 Å². The third-order valence-electron chi connectivity index (χ3n) is 3.86. The Balaban J connectivity index is 2.31. The van der Waals surface area contributed by atoms with Crippen molar-refractivity contribution in [3.05, 3.63) is 34.9 Å². The van der Waals surface area contributed by atoms with Crippen LogP contribution >= 0.6 is 0 Å². The van der Waals surface area contributed by atoms with E-state index in [1.807, 2.05) is 39.1 Å². The number of hydrogen-bond acceptors (Lipinski definition) is 3. The van der Waals surface area contributed by atoms with Crippen molar-refractivity contribution in [1.82, 2.24) is 4.90 Å². The quantitative estimate of drug-likeness (QED) is 0.840. The lowest BCUT2D eigenvalue weighted by molar-refractivity contribution is 0.0574. The van der Waals surface area contributed by atoms with Crippen LogP contribution in [-0.2, 0) is 4.74 Å². The molecule has 21 heavy (non-hydrogen) atoms. The topological polar surface area (TPSA) is 49.8 Å². The molecule has 0 aliphatic carbocycles. The zero-order valence-corrected chi connectivity index (χ0v) is 12.7. The molecule has 1 N–H and O–H groups in total. The van der Waals surface area contributed by atoms with E-state index in [-0.39, 0.29) is 24.7 Å². The largest absolute Gasteiger partial charge is 0.384 e. The molecule has 4 heteroatoms. The number of ether oxygens (including phenoxy) is 1. The molecular weight excluding hydrogens is 266 g/mol. The zero-order chi connectivity index (χ0) is 15.4. The first-order valence-electron chi connectivity index (χ1n) is 7.13. The van der Waals surface area contributed by atoms with Crippen LogP contribution in [0.5, 0.6) is 0 Å². The predicted octanol–water partition coefficient (Wildman–Crippen LogP) is 1.59. The Morgan fingerprint density at radius 2 is 2.29 bits per heavy atom. The van der Waals surface area contributed by atoms with Gasteiger partial charge in [0.05, 0.1) is 17.7 Å². The van der Waals surface area contributed by atoms with Crippen LogP contribution < -0.4 is 0 Å². The Morgan fingerprint density at radius 1 is 1.52 bits per heavy atom. The molecule has 0 aromatic heterocycles. The SMILES string of the molecule is Cc1ccc(C#CCO)c(C(=O)N(C)C2CCOC2C)c1. The van der Waals surface area contributed by atoms with Gasteiger partial charge in [0.1, 0.15) is 6.61 Å². The second-order valence-electron chi connectivity index (χ2n) is 5.36. The number of aliphatic hydroxyl groups excluding tert-OH is 1. The molecule has 2 atom stereocenters. The number of rotatable bonds is 2. The summed E-state index contributed by atoms with van der Waals surface area (Å²) in [6, 6.07) is 5.69. The summed E-state index contributed by atoms with van der Waals surface area (Å²) < 4.78 is 5.54. The number of aryl methyl sites for hydroxylation is 1. The Hall–Kier alpha value is -1.83. The van der Waals surface area contributed by atoms with Gasteiger partial charge in [0, 0.05) is 19.2 Å². The molecule has 1 aromatic carbocycles. The summed E-state index contributed by atoms with van der Waals surface area (Å²) in [4.78, 5) is 14.5. The summed E-state index contributed by atoms with van der Waals surface area (Å²) >= 11 is 0. The summed E-state index contributed by atoms with van der Waals surface area (Å²) in [5.41, 5.74) is 2.24. The minimum atomic E-state index is -0.217. The van der Waals surface area contributed by atoms with E-state index in [1.54, 1.807) is 4.90 Å². The maximum absolute atomic E-state index is 12.8. The van der Waals surface area contributed by atoms with Crippen LogP contribution in [0.2, 0.25) is 0 Å². The van der Waals surface area contributed by atoms with Gasteiger partial charge >= 0.3 is 0 Å². The number of carbonyl (C=O) groups excluding carboxylic acids is 1. The molecule has 1 aliphatic rings. The molecule has 1 saturated heterocycles. The van der Waals surface area contributed by atoms with Crippen LogP contribution in [0.1, 0.15) is 34.8 Å². The van der Waals surface area contributed by atoms with Crippen molar-refractivity contribution in [2.24, 2.45) is 0 Å². The van der Waals surface area contributed by atoms with E-state index in [0.717, 1.165) is 12.0 Å². The Kier molecular flexibility index (Phi) is 5.00. The molecule has 1 amide bonds. The van der Waals surface area contributed by atoms with Gasteiger partial charge in [0.2, 0.25) is 0 Å². The molecule has 1 aliphatic heterocycles. The van der Waals surface area contributed by atoms with Crippen LogP contribution in [-0.4, -0.2) is 48.3 Å². The van der Waals surface area contributed by atoms with Gasteiger partial charge in [-0.15, -0.1) is 0 Å². The molecule has 0 spiro atoms. The maximum atomic E-state index is 12.8. The second-order valence-corrected chi connectivity index (χ2v) is 5.36. The van der Waals surface area contributed by atoms with E-state index in [9.17, 15) is 4.79 Å². The number of hydrogen-bond donors (Lipinski definition) is 1. The minimum absolute atomic E-state index is 0.0516. The molecule has 1 fully saturated rings. The zero-order valence-electron chi connectivity index (χ0n) is 12.7. The first-order valence-corrected chi connectivity index (χ1v) is 7.13. The number of benzene rings is 1. The summed E-state index contributed by atoms with van der Waals surface area (Å²) in [5, 5.41) is 8.84. The lowest BCUT2D eigenvalue weighted by Gasteiger charge is -2.27. The van der Waals surface area contributed by atoms with E-state index in [4.69, 9.17) is 9.84 Å². The molecule has 1 heterocycles. The summed E-state index contributed by atoms with van der Waals surface area (Å²) in [6.07, 6.45) is 0.906. The molecule has 2 rings (SSSR count). The van der Waals surface area contributed by atoms with Crippen molar-refractivity contribution in [3.63, 3.8) is 0 Å². The van der Waals surface area contributed by atoms with E-state index in [0.29, 0.717) is 17.7 Å². The third-order valence-corrected chi connectivity index (χ3v) is 3.86. The van der Waals surface area contributed by atoms with Gasteiger partial charge in [-0.3, -0.25) is 4.79 Å². The molecule has 0 bridgehead atoms. The predicted molar refractivity (Wildman–Crippen MR) is 81.1 cm³/mol. The van der Waals surface area contributed by atoms with Crippen LogP contribution in [0.3, 0.4) is 0 Å². The fourth-order valence-electron chi connectivity index (χ4n) is 2.65. The van der Waals surface area contributed by atoms with E-state index >= 15 is 0 Å². The summed E-state index contributed by atoms with van der Waals surface area (Å²) in [5.74, 6) is 5.40. The molecular formula is C17H21NO3. The van der Waals surface area contributed by atoms with Crippen LogP contribution in [0, 0.1) is 18.8 Å². The fraction of sp³-hybridized carbons (Fsp3) is 0.471. The number of likely N-dealkylation sites (N-methyl/N-ethyl adjacent to an activating group) is 1. The van der Waals surface area contributed by atoms with E-state index in [1.165, 1.54) is 0 Å². The summed E-state index contributed by atoms with van der Waals surface area (Å²) in [6.45, 7) is 4.41. The van der Waals surface area contributed by atoms with Crippen molar-refractivity contribution in [1.29, 1.82) is 0 Å². The van der Waals surface area contributed by atoms with Gasteiger partial charge in [0.25, 0.3) is 5.91 Å². The average Bonchev–Trinajstić information content (AvgIpc) is 2.90. The van der Waals surface area contributed by atoms with Crippen molar-refractivity contribution in [2.75, 3.05) is 20.3 Å². The summed E-state index contributed by atoms with van der Waals surface area (Å²) in [7, 11) is 1.81. The molecule has 0 radical (unpaired) electrons. The molecule has 2 unspecified atom stereocenters. The lowest BCUT2D eigenvalue weighted by atomic mass is 10.0. The average molecular weight is 287 g/mol. The number of nitrogens with zero attached hydrogens (tertiary/aromatic N) is 1. The maximum Gasteiger partial charge on any atom is 0.255 e. The van der Waals surface area contributed by atoms with Crippen molar-refractivity contribution in [3.8, 4) is 11.8 Å². The normalized spacial score (nSPS) is 20.8. The highest BCUT2D eigenvalue weighted by Gasteiger charge is 2.31. The van der Waals surface area contributed by atoms with Gasteiger partial charge in [-0.1, -0.05) is 23.5 Å². The van der Waals surface area contributed by atoms with E-state index < -0.39 is 0 Å². The minimum Gasteiger partial charge on any atom is -0.384 e. The van der Waals surface area contributed by atoms with E-state index in [2.05, 4.69) is 11.8 Å². The van der Waals surface area contributed by atoms with Crippen LogP contribution in [0.4, 0.5) is 0 Å². The molecule has 4 nitrogen and oxygen atoms in total. The first-order chi connectivity index (χ1) is 10.0. The standard InChI is InChI=1S/C17H21NO3/c1-12-6-7-14(5-4-9-19)15(11-12)17(20)18(3)16-8-10-21-13(16)2/h6-7,11,13,16,19H,8-10H2,1-3H3. The molecule has 112 valence electrons. The fourth-order valence-corrected chi connectivity index (χ4v) is 2.65. The number of aliphatic hydroxyl groups is 1. The number of carbonyl (C=O) groups is 1. The van der Waals surface area contributed by atoms with Crippen molar-refractivity contribution in [2.45, 2.75) is 32.4 Å². The second kappa shape index (κ2) is 6.75. The van der Waals surface area contributed by atoms with Gasteiger partial charge < -0.3 is 14.7 Å². The van der Waals surface area contributed by atoms with Crippen molar-refractivity contribution < 1.29 is 14.6 Å². The monoisotopic (exact) mass is 287 g/mol. The van der Waals surface area contributed by atoms with Gasteiger partial charge in [-0.2, -0.15) is 0 Å². The smallest absolute Gasteiger partial charge is 0.255 e. The molecule has 1 aromatic rings. The third kappa shape index (κ3) is 3.44. The molecule has 0 saturated carbocycles. The Morgan fingerprint density at radius 3 is 2.90 bits per heavy atom. The highest BCUT2D eigenvalue weighted by atomic mass is 16.5.